The number of hydrogen-bond donors (Lipinski definition) is 1. The Bertz CT molecular complexity index is 715. The van der Waals surface area contributed by atoms with Crippen LogP contribution in [0, 0.1) is 0 Å². The Hall–Kier alpha value is -2.83. The maximum absolute atomic E-state index is 11.8. The van der Waals surface area contributed by atoms with Crippen molar-refractivity contribution in [3.8, 4) is 11.3 Å². The first-order valence-corrected chi connectivity index (χ1v) is 6.90. The van der Waals surface area contributed by atoms with Crippen molar-refractivity contribution in [2.24, 2.45) is 7.05 Å². The summed E-state index contributed by atoms with van der Waals surface area (Å²) in [5.41, 5.74) is 8.27. The molecule has 0 atom stereocenters. The molecular formula is C15H17N5O2. The Labute approximate surface area is 127 Å². The monoisotopic (exact) mass is 299 g/mol. The first-order chi connectivity index (χ1) is 10.5. The van der Waals surface area contributed by atoms with Gasteiger partial charge in [0.1, 0.15) is 5.82 Å². The molecule has 1 aliphatic rings. The number of aryl methyl sites for hydroxylation is 1. The molecular weight excluding hydrogens is 282 g/mol. The second-order valence-corrected chi connectivity index (χ2v) is 5.33. The fourth-order valence-electron chi connectivity index (χ4n) is 2.40. The van der Waals surface area contributed by atoms with Crippen LogP contribution in [0.25, 0.3) is 11.3 Å². The topological polar surface area (TPSA) is 84.5 Å². The summed E-state index contributed by atoms with van der Waals surface area (Å²) in [4.78, 5) is 26.6. The fraction of sp³-hybridized carbons (Fsp3) is 0.267. The van der Waals surface area contributed by atoms with Gasteiger partial charge in [0, 0.05) is 31.4 Å². The third-order valence-corrected chi connectivity index (χ3v) is 3.82. The zero-order valence-electron chi connectivity index (χ0n) is 12.5. The first kappa shape index (κ1) is 14.1. The summed E-state index contributed by atoms with van der Waals surface area (Å²) < 4.78 is 1.60. The number of benzene rings is 1. The minimum atomic E-state index is -0.205. The van der Waals surface area contributed by atoms with Gasteiger partial charge >= 0.3 is 0 Å². The number of hydrogen-bond acceptors (Lipinski definition) is 5. The maximum Gasteiger partial charge on any atom is 0.248 e. The van der Waals surface area contributed by atoms with Crippen molar-refractivity contribution in [1.82, 2.24) is 14.7 Å². The largest absolute Gasteiger partial charge is 0.384 e. The second-order valence-electron chi connectivity index (χ2n) is 5.33. The van der Waals surface area contributed by atoms with Gasteiger partial charge in [0.2, 0.25) is 11.8 Å². The number of likely N-dealkylation sites (N-methyl/N-ethyl adjacent to an activating group) is 1. The number of imide groups is 1. The quantitative estimate of drug-likeness (QED) is 0.815. The van der Waals surface area contributed by atoms with Gasteiger partial charge < -0.3 is 10.6 Å². The lowest BCUT2D eigenvalue weighted by molar-refractivity contribution is -0.143. The number of nitrogens with two attached hydrogens (primary N) is 1. The summed E-state index contributed by atoms with van der Waals surface area (Å²) in [7, 11) is 3.29. The third kappa shape index (κ3) is 2.41. The molecule has 1 aromatic carbocycles. The van der Waals surface area contributed by atoms with Gasteiger partial charge in [-0.1, -0.05) is 12.1 Å². The molecule has 0 radical (unpaired) electrons. The van der Waals surface area contributed by atoms with Crippen molar-refractivity contribution < 1.29 is 9.59 Å². The summed E-state index contributed by atoms with van der Waals surface area (Å²) >= 11 is 0. The van der Waals surface area contributed by atoms with E-state index in [1.165, 1.54) is 11.9 Å². The van der Waals surface area contributed by atoms with E-state index in [0.717, 1.165) is 16.9 Å². The van der Waals surface area contributed by atoms with Crippen LogP contribution in [0.1, 0.15) is 0 Å². The van der Waals surface area contributed by atoms with Crippen LogP contribution >= 0.6 is 0 Å². The van der Waals surface area contributed by atoms with E-state index in [4.69, 9.17) is 5.73 Å². The molecule has 7 heteroatoms. The van der Waals surface area contributed by atoms with Crippen LogP contribution in [-0.4, -0.2) is 46.6 Å². The van der Waals surface area contributed by atoms with E-state index in [0.29, 0.717) is 5.82 Å². The molecule has 0 bridgehead atoms. The highest BCUT2D eigenvalue weighted by Crippen LogP contribution is 2.25. The summed E-state index contributed by atoms with van der Waals surface area (Å²) in [6, 6.07) is 9.38. The Balaban J connectivity index is 1.91. The number of piperazine rings is 1. The van der Waals surface area contributed by atoms with Crippen LogP contribution in [0.15, 0.2) is 30.3 Å². The van der Waals surface area contributed by atoms with Crippen molar-refractivity contribution in [2.75, 3.05) is 30.8 Å². The van der Waals surface area contributed by atoms with E-state index >= 15 is 0 Å². The minimum absolute atomic E-state index is 0.191. The average molecular weight is 299 g/mol. The lowest BCUT2D eigenvalue weighted by Crippen LogP contribution is -2.52. The molecule has 0 spiro atoms. The maximum atomic E-state index is 11.8. The SMILES string of the molecule is CN1C(=O)CN(c2cccc(-c3cc(N)n(C)n3)c2)CC1=O. The first-order valence-electron chi connectivity index (χ1n) is 6.90. The predicted molar refractivity (Wildman–Crippen MR) is 83.0 cm³/mol. The van der Waals surface area contributed by atoms with Gasteiger partial charge in [-0.25, -0.2) is 0 Å². The number of carbonyl (C=O) groups excluding carboxylic acids is 2. The molecule has 1 aliphatic heterocycles. The molecule has 1 aromatic heterocycles. The smallest absolute Gasteiger partial charge is 0.248 e. The van der Waals surface area contributed by atoms with Gasteiger partial charge in [0.15, 0.2) is 0 Å². The van der Waals surface area contributed by atoms with Crippen molar-refractivity contribution in [2.45, 2.75) is 0 Å². The van der Waals surface area contributed by atoms with E-state index < -0.39 is 0 Å². The molecule has 2 heterocycles. The van der Waals surface area contributed by atoms with Gasteiger partial charge in [-0.05, 0) is 12.1 Å². The van der Waals surface area contributed by atoms with E-state index in [9.17, 15) is 9.59 Å². The fourth-order valence-corrected chi connectivity index (χ4v) is 2.40. The molecule has 1 fully saturated rings. The second kappa shape index (κ2) is 5.18. The van der Waals surface area contributed by atoms with Gasteiger partial charge in [-0.2, -0.15) is 5.10 Å². The predicted octanol–water partition coefficient (Wildman–Crippen LogP) is 0.474. The Morgan fingerprint density at radius 3 is 2.36 bits per heavy atom. The summed E-state index contributed by atoms with van der Waals surface area (Å²) in [5, 5.41) is 4.34. The zero-order chi connectivity index (χ0) is 15.9. The Morgan fingerprint density at radius 2 is 1.77 bits per heavy atom. The van der Waals surface area contributed by atoms with Crippen LogP contribution in [-0.2, 0) is 16.6 Å². The molecule has 0 saturated carbocycles. The molecule has 2 N–H and O–H groups in total. The van der Waals surface area contributed by atoms with Gasteiger partial charge in [0.05, 0.1) is 18.8 Å². The van der Waals surface area contributed by atoms with Crippen molar-refractivity contribution in [3.63, 3.8) is 0 Å². The van der Waals surface area contributed by atoms with Gasteiger partial charge in [-0.3, -0.25) is 19.2 Å². The minimum Gasteiger partial charge on any atom is -0.384 e. The highest BCUT2D eigenvalue weighted by atomic mass is 16.2. The number of amides is 2. The Morgan fingerprint density at radius 1 is 1.09 bits per heavy atom. The van der Waals surface area contributed by atoms with Crippen LogP contribution in [0.4, 0.5) is 11.5 Å². The van der Waals surface area contributed by atoms with Crippen LogP contribution in [0.2, 0.25) is 0 Å². The standard InChI is InChI=1S/C15H17N5O2/c1-18-14(21)8-20(9-15(18)22)11-5-3-4-10(6-11)12-7-13(16)19(2)17-12/h3-7H,8-9,16H2,1-2H3. The summed E-state index contributed by atoms with van der Waals surface area (Å²) in [6.07, 6.45) is 0. The highest BCUT2D eigenvalue weighted by Gasteiger charge is 2.28. The van der Waals surface area contributed by atoms with Crippen molar-refractivity contribution >= 4 is 23.3 Å². The van der Waals surface area contributed by atoms with Gasteiger partial charge in [-0.15, -0.1) is 0 Å². The molecule has 0 aliphatic carbocycles. The van der Waals surface area contributed by atoms with E-state index in [-0.39, 0.29) is 24.9 Å². The Kier molecular flexibility index (Phi) is 3.32. The van der Waals surface area contributed by atoms with Crippen LogP contribution < -0.4 is 10.6 Å². The molecule has 2 aromatic rings. The normalized spacial score (nSPS) is 15.5. The van der Waals surface area contributed by atoms with E-state index in [2.05, 4.69) is 5.10 Å². The van der Waals surface area contributed by atoms with E-state index in [1.54, 1.807) is 22.7 Å². The number of nitrogens with zero attached hydrogens (tertiary/aromatic N) is 4. The summed E-state index contributed by atoms with van der Waals surface area (Å²) in [6.45, 7) is 0.381. The molecule has 1 saturated heterocycles. The van der Waals surface area contributed by atoms with Crippen molar-refractivity contribution in [1.29, 1.82) is 0 Å². The number of rotatable bonds is 2. The lowest BCUT2D eigenvalue weighted by atomic mass is 10.1. The number of carbonyl (C=O) groups is 2. The van der Waals surface area contributed by atoms with Crippen LogP contribution in [0.5, 0.6) is 0 Å². The number of aromatic nitrogens is 2. The molecule has 0 unspecified atom stereocenters. The average Bonchev–Trinajstić information content (AvgIpc) is 2.84. The van der Waals surface area contributed by atoms with E-state index in [1.807, 2.05) is 24.3 Å². The van der Waals surface area contributed by atoms with Crippen molar-refractivity contribution in [3.05, 3.63) is 30.3 Å². The lowest BCUT2D eigenvalue weighted by Gasteiger charge is -2.32. The number of anilines is 2. The summed E-state index contributed by atoms with van der Waals surface area (Å²) in [5.74, 6) is 0.165. The molecule has 22 heavy (non-hydrogen) atoms. The molecule has 2 amide bonds. The number of nitrogen functional groups attached to an aromatic ring is 1. The molecule has 114 valence electrons. The van der Waals surface area contributed by atoms with Gasteiger partial charge in [0.25, 0.3) is 0 Å². The zero-order valence-corrected chi connectivity index (χ0v) is 12.5. The third-order valence-electron chi connectivity index (χ3n) is 3.82. The highest BCUT2D eigenvalue weighted by molar-refractivity contribution is 6.02. The van der Waals surface area contributed by atoms with Crippen LogP contribution in [0.3, 0.4) is 0 Å². The molecule has 7 nitrogen and oxygen atoms in total. The molecule has 3 rings (SSSR count).